The van der Waals surface area contributed by atoms with Gasteiger partial charge in [-0.25, -0.2) is 13.4 Å². The summed E-state index contributed by atoms with van der Waals surface area (Å²) >= 11 is 1.52. The molecule has 0 saturated carbocycles. The number of anilines is 1. The normalized spacial score (nSPS) is 15.1. The second-order valence-corrected chi connectivity index (χ2v) is 10.3. The number of thiazole rings is 1. The van der Waals surface area contributed by atoms with Crippen molar-refractivity contribution in [1.82, 2.24) is 9.29 Å². The SMILES string of the molecule is Cc1cc(C)c2nc(NCC(=O)c3ccc(S(=O)(=O)N4CCCC4)cc3)sc2c1. The molecule has 1 aromatic heterocycles. The molecule has 0 spiro atoms. The molecule has 0 radical (unpaired) electrons. The van der Waals surface area contributed by atoms with Gasteiger partial charge in [0.2, 0.25) is 10.0 Å². The highest BCUT2D eigenvalue weighted by Crippen LogP contribution is 2.29. The highest BCUT2D eigenvalue weighted by atomic mass is 32.2. The van der Waals surface area contributed by atoms with Gasteiger partial charge >= 0.3 is 0 Å². The fraction of sp³-hybridized carbons (Fsp3) is 0.333. The van der Waals surface area contributed by atoms with Crippen LogP contribution in [0.3, 0.4) is 0 Å². The van der Waals surface area contributed by atoms with Gasteiger partial charge in [0.15, 0.2) is 10.9 Å². The first kappa shape index (κ1) is 20.0. The lowest BCUT2D eigenvalue weighted by atomic mass is 10.1. The number of nitrogens with one attached hydrogen (secondary N) is 1. The molecule has 0 atom stereocenters. The van der Waals surface area contributed by atoms with Crippen molar-refractivity contribution < 1.29 is 13.2 Å². The van der Waals surface area contributed by atoms with Crippen LogP contribution in [0.4, 0.5) is 5.13 Å². The molecular formula is C21H23N3O3S2. The number of aromatic nitrogens is 1. The van der Waals surface area contributed by atoms with E-state index in [-0.39, 0.29) is 17.2 Å². The molecule has 3 aromatic rings. The third-order valence-electron chi connectivity index (χ3n) is 5.11. The highest BCUT2D eigenvalue weighted by Gasteiger charge is 2.27. The van der Waals surface area contributed by atoms with Gasteiger partial charge in [-0.15, -0.1) is 0 Å². The van der Waals surface area contributed by atoms with Crippen molar-refractivity contribution in [2.45, 2.75) is 31.6 Å². The van der Waals surface area contributed by atoms with Gasteiger partial charge in [-0.3, -0.25) is 4.79 Å². The topological polar surface area (TPSA) is 79.4 Å². The summed E-state index contributed by atoms with van der Waals surface area (Å²) in [6.07, 6.45) is 1.79. The fourth-order valence-electron chi connectivity index (χ4n) is 3.59. The van der Waals surface area contributed by atoms with Crippen molar-refractivity contribution in [1.29, 1.82) is 0 Å². The molecule has 152 valence electrons. The predicted octanol–water partition coefficient (Wildman–Crippen LogP) is 3.99. The number of rotatable bonds is 6. The van der Waals surface area contributed by atoms with Crippen LogP contribution in [0.25, 0.3) is 10.2 Å². The van der Waals surface area contributed by atoms with E-state index < -0.39 is 10.0 Å². The second-order valence-electron chi connectivity index (χ2n) is 7.36. The van der Waals surface area contributed by atoms with Crippen molar-refractivity contribution >= 4 is 42.5 Å². The van der Waals surface area contributed by atoms with Crippen molar-refractivity contribution in [3.8, 4) is 0 Å². The first-order valence-electron chi connectivity index (χ1n) is 9.60. The average molecular weight is 430 g/mol. The molecule has 0 unspecified atom stereocenters. The highest BCUT2D eigenvalue weighted by molar-refractivity contribution is 7.89. The minimum absolute atomic E-state index is 0.107. The van der Waals surface area contributed by atoms with Crippen LogP contribution >= 0.6 is 11.3 Å². The molecule has 2 heterocycles. The average Bonchev–Trinajstić information content (AvgIpc) is 3.36. The Morgan fingerprint density at radius 3 is 2.52 bits per heavy atom. The Hall–Kier alpha value is -2.29. The number of carbonyl (C=O) groups excluding carboxylic acids is 1. The van der Waals surface area contributed by atoms with Crippen LogP contribution in [0.5, 0.6) is 0 Å². The summed E-state index contributed by atoms with van der Waals surface area (Å²) in [5, 5.41) is 3.80. The second kappa shape index (κ2) is 7.85. The number of sulfonamides is 1. The molecule has 1 aliphatic heterocycles. The zero-order valence-corrected chi connectivity index (χ0v) is 18.1. The third kappa shape index (κ3) is 4.05. The molecule has 0 bridgehead atoms. The van der Waals surface area contributed by atoms with E-state index in [1.165, 1.54) is 33.3 Å². The molecule has 1 fully saturated rings. The number of ketones is 1. The van der Waals surface area contributed by atoms with E-state index in [1.54, 1.807) is 12.1 Å². The van der Waals surface area contributed by atoms with Crippen LogP contribution in [0.15, 0.2) is 41.3 Å². The zero-order chi connectivity index (χ0) is 20.6. The minimum atomic E-state index is -3.46. The maximum Gasteiger partial charge on any atom is 0.243 e. The summed E-state index contributed by atoms with van der Waals surface area (Å²) in [5.74, 6) is -0.109. The summed E-state index contributed by atoms with van der Waals surface area (Å²) in [7, 11) is -3.46. The first-order valence-corrected chi connectivity index (χ1v) is 11.9. The van der Waals surface area contributed by atoms with Crippen molar-refractivity contribution in [2.75, 3.05) is 25.0 Å². The van der Waals surface area contributed by atoms with E-state index in [2.05, 4.69) is 29.4 Å². The van der Waals surface area contributed by atoms with E-state index in [9.17, 15) is 13.2 Å². The number of Topliss-reactive ketones (excluding diaryl/α,β-unsaturated/α-hetero) is 1. The lowest BCUT2D eigenvalue weighted by molar-refractivity contribution is 0.101. The maximum absolute atomic E-state index is 12.6. The molecule has 2 aromatic carbocycles. The van der Waals surface area contributed by atoms with E-state index in [0.717, 1.165) is 28.6 Å². The Morgan fingerprint density at radius 2 is 1.83 bits per heavy atom. The first-order chi connectivity index (χ1) is 13.8. The van der Waals surface area contributed by atoms with Gasteiger partial charge in [-0.05, 0) is 68.1 Å². The van der Waals surface area contributed by atoms with Gasteiger partial charge in [-0.2, -0.15) is 4.31 Å². The Labute approximate surface area is 174 Å². The lowest BCUT2D eigenvalue weighted by Crippen LogP contribution is -2.27. The molecule has 1 aliphatic rings. The smallest absolute Gasteiger partial charge is 0.243 e. The van der Waals surface area contributed by atoms with Crippen LogP contribution in [0, 0.1) is 13.8 Å². The lowest BCUT2D eigenvalue weighted by Gasteiger charge is -2.15. The van der Waals surface area contributed by atoms with E-state index in [0.29, 0.717) is 23.8 Å². The van der Waals surface area contributed by atoms with Gasteiger partial charge in [0, 0.05) is 18.7 Å². The number of benzene rings is 2. The van der Waals surface area contributed by atoms with E-state index in [4.69, 9.17) is 0 Å². The van der Waals surface area contributed by atoms with Crippen LogP contribution in [0.1, 0.15) is 34.3 Å². The van der Waals surface area contributed by atoms with Crippen LogP contribution in [0.2, 0.25) is 0 Å². The maximum atomic E-state index is 12.6. The monoisotopic (exact) mass is 429 g/mol. The molecule has 1 saturated heterocycles. The van der Waals surface area contributed by atoms with Gasteiger partial charge < -0.3 is 5.32 Å². The Morgan fingerprint density at radius 1 is 1.14 bits per heavy atom. The molecular weight excluding hydrogens is 406 g/mol. The van der Waals surface area contributed by atoms with Crippen LogP contribution in [-0.2, 0) is 10.0 Å². The minimum Gasteiger partial charge on any atom is -0.354 e. The third-order valence-corrected chi connectivity index (χ3v) is 7.98. The summed E-state index contributed by atoms with van der Waals surface area (Å²) in [6, 6.07) is 10.4. The Balaban J connectivity index is 1.44. The summed E-state index contributed by atoms with van der Waals surface area (Å²) in [4.78, 5) is 17.3. The quantitative estimate of drug-likeness (QED) is 0.599. The molecule has 1 N–H and O–H groups in total. The van der Waals surface area contributed by atoms with E-state index in [1.807, 2.05) is 6.92 Å². The molecule has 0 amide bonds. The number of nitrogens with zero attached hydrogens (tertiary/aromatic N) is 2. The van der Waals surface area contributed by atoms with Crippen LogP contribution in [-0.4, -0.2) is 43.1 Å². The predicted molar refractivity (Wildman–Crippen MR) is 116 cm³/mol. The largest absolute Gasteiger partial charge is 0.354 e. The molecule has 8 heteroatoms. The summed E-state index contributed by atoms with van der Waals surface area (Å²) in [5.41, 5.74) is 3.73. The van der Waals surface area contributed by atoms with Crippen molar-refractivity contribution in [3.05, 3.63) is 53.1 Å². The fourth-order valence-corrected chi connectivity index (χ4v) is 6.15. The number of aryl methyl sites for hydroxylation is 2. The molecule has 6 nitrogen and oxygen atoms in total. The summed E-state index contributed by atoms with van der Waals surface area (Å²) in [6.45, 7) is 5.32. The van der Waals surface area contributed by atoms with Crippen molar-refractivity contribution in [3.63, 3.8) is 0 Å². The number of carbonyl (C=O) groups is 1. The van der Waals surface area contributed by atoms with Crippen LogP contribution < -0.4 is 5.32 Å². The van der Waals surface area contributed by atoms with Crippen molar-refractivity contribution in [2.24, 2.45) is 0 Å². The summed E-state index contributed by atoms with van der Waals surface area (Å²) < 4.78 is 27.8. The zero-order valence-electron chi connectivity index (χ0n) is 16.4. The number of fused-ring (bicyclic) bond motifs is 1. The van der Waals surface area contributed by atoms with E-state index >= 15 is 0 Å². The molecule has 0 aliphatic carbocycles. The van der Waals surface area contributed by atoms with Gasteiger partial charge in [-0.1, -0.05) is 17.4 Å². The standard InChI is InChI=1S/C21H23N3O3S2/c1-14-11-15(2)20-19(12-14)28-21(23-20)22-13-18(25)16-5-7-17(8-6-16)29(26,27)24-9-3-4-10-24/h5-8,11-12H,3-4,9-10,13H2,1-2H3,(H,22,23). The molecule has 29 heavy (non-hydrogen) atoms. The van der Waals surface area contributed by atoms with Gasteiger partial charge in [0.25, 0.3) is 0 Å². The Bertz CT molecular complexity index is 1160. The Kier molecular flexibility index (Phi) is 5.42. The van der Waals surface area contributed by atoms with Gasteiger partial charge in [0.1, 0.15) is 0 Å². The number of hydrogen-bond acceptors (Lipinski definition) is 6. The number of hydrogen-bond donors (Lipinski definition) is 1. The molecule has 4 rings (SSSR count). The van der Waals surface area contributed by atoms with Gasteiger partial charge in [0.05, 0.1) is 21.7 Å².